The van der Waals surface area contributed by atoms with E-state index in [1.54, 1.807) is 12.4 Å². The molecule has 26 heavy (non-hydrogen) atoms. The molecule has 5 nitrogen and oxygen atoms in total. The monoisotopic (exact) mass is 347 g/mol. The Morgan fingerprint density at radius 2 is 1.96 bits per heavy atom. The maximum Gasteiger partial charge on any atom is 0.165 e. The summed E-state index contributed by atoms with van der Waals surface area (Å²) in [6, 6.07) is 9.90. The summed E-state index contributed by atoms with van der Waals surface area (Å²) in [5.74, 6) is 0.615. The van der Waals surface area contributed by atoms with E-state index < -0.39 is 0 Å². The first kappa shape index (κ1) is 16.7. The van der Waals surface area contributed by atoms with Crippen LogP contribution in [0.5, 0.6) is 0 Å². The van der Waals surface area contributed by atoms with Crippen LogP contribution in [0.2, 0.25) is 0 Å². The number of fused-ring (bicyclic) bond motifs is 1. The van der Waals surface area contributed by atoms with Crippen LogP contribution in [-0.4, -0.2) is 29.0 Å². The van der Waals surface area contributed by atoms with Gasteiger partial charge in [-0.05, 0) is 36.1 Å². The van der Waals surface area contributed by atoms with E-state index in [9.17, 15) is 4.79 Å². The van der Waals surface area contributed by atoms with Crippen molar-refractivity contribution in [2.24, 2.45) is 5.41 Å². The second kappa shape index (κ2) is 6.18. The van der Waals surface area contributed by atoms with E-state index in [-0.39, 0.29) is 11.2 Å². The predicted octanol–water partition coefficient (Wildman–Crippen LogP) is 3.80. The molecule has 3 heterocycles. The number of nitrogens with two attached hydrogens (primary N) is 1. The van der Waals surface area contributed by atoms with Gasteiger partial charge in [0.05, 0.1) is 13.2 Å². The molecule has 1 aromatic carbocycles. The molecule has 0 unspecified atom stereocenters. The first-order chi connectivity index (χ1) is 12.4. The largest absolute Gasteiger partial charge is 0.384 e. The highest BCUT2D eigenvalue weighted by molar-refractivity contribution is 5.98. The minimum atomic E-state index is -0.0450. The number of nitrogens with zero attached hydrogens (tertiary/aromatic N) is 2. The van der Waals surface area contributed by atoms with Crippen LogP contribution in [0.15, 0.2) is 42.7 Å². The van der Waals surface area contributed by atoms with Crippen molar-refractivity contribution in [2.75, 3.05) is 18.9 Å². The number of hydrogen-bond donors (Lipinski definition) is 1. The zero-order valence-electron chi connectivity index (χ0n) is 15.0. The van der Waals surface area contributed by atoms with Gasteiger partial charge in [-0.2, -0.15) is 0 Å². The SMILES string of the molecule is Cc1ncc(C(=O)CC2(C)COC2)cc1-c1ccc2cc(N)ncc2c1. The number of Topliss-reactive ketones (excluding diaryl/α,β-unsaturated/α-hetero) is 1. The Kier molecular flexibility index (Phi) is 3.96. The highest BCUT2D eigenvalue weighted by atomic mass is 16.5. The molecule has 132 valence electrons. The average Bonchev–Trinajstić information content (AvgIpc) is 2.60. The Balaban J connectivity index is 1.70. The van der Waals surface area contributed by atoms with Crippen LogP contribution in [0.4, 0.5) is 5.82 Å². The van der Waals surface area contributed by atoms with Crippen molar-refractivity contribution in [1.82, 2.24) is 9.97 Å². The van der Waals surface area contributed by atoms with Crippen LogP contribution in [0, 0.1) is 12.3 Å². The number of benzene rings is 1. The second-order valence-corrected chi connectivity index (χ2v) is 7.43. The van der Waals surface area contributed by atoms with E-state index in [0.717, 1.165) is 27.6 Å². The molecule has 4 rings (SSSR count). The van der Waals surface area contributed by atoms with Crippen LogP contribution in [0.25, 0.3) is 21.9 Å². The molecule has 2 N–H and O–H groups in total. The summed E-state index contributed by atoms with van der Waals surface area (Å²) in [7, 11) is 0. The molecule has 3 aromatic rings. The Hall–Kier alpha value is -2.79. The molecular weight excluding hydrogens is 326 g/mol. The fourth-order valence-electron chi connectivity index (χ4n) is 3.35. The number of hydrogen-bond acceptors (Lipinski definition) is 5. The third-order valence-corrected chi connectivity index (χ3v) is 4.95. The molecule has 0 atom stereocenters. The summed E-state index contributed by atoms with van der Waals surface area (Å²) >= 11 is 0. The van der Waals surface area contributed by atoms with Gasteiger partial charge in [-0.1, -0.05) is 19.1 Å². The minimum absolute atomic E-state index is 0.0450. The minimum Gasteiger partial charge on any atom is -0.384 e. The van der Waals surface area contributed by atoms with Crippen LogP contribution in [0.3, 0.4) is 0 Å². The van der Waals surface area contributed by atoms with Gasteiger partial charge in [-0.25, -0.2) is 4.98 Å². The maximum atomic E-state index is 12.7. The summed E-state index contributed by atoms with van der Waals surface area (Å²) in [6.45, 7) is 5.33. The van der Waals surface area contributed by atoms with Gasteiger partial charge in [-0.15, -0.1) is 0 Å². The number of nitrogen functional groups attached to an aromatic ring is 1. The predicted molar refractivity (Wildman–Crippen MR) is 102 cm³/mol. The van der Waals surface area contributed by atoms with Crippen molar-refractivity contribution in [3.63, 3.8) is 0 Å². The van der Waals surface area contributed by atoms with Crippen molar-refractivity contribution in [1.29, 1.82) is 0 Å². The molecule has 2 aromatic heterocycles. The van der Waals surface area contributed by atoms with Crippen molar-refractivity contribution in [3.8, 4) is 11.1 Å². The Morgan fingerprint density at radius 3 is 2.69 bits per heavy atom. The van der Waals surface area contributed by atoms with Gasteiger partial charge in [0.1, 0.15) is 5.82 Å². The number of aryl methyl sites for hydroxylation is 1. The molecule has 1 aliphatic rings. The molecule has 0 aliphatic carbocycles. The van der Waals surface area contributed by atoms with E-state index in [0.29, 0.717) is 31.0 Å². The second-order valence-electron chi connectivity index (χ2n) is 7.43. The lowest BCUT2D eigenvalue weighted by Crippen LogP contribution is -2.41. The summed E-state index contributed by atoms with van der Waals surface area (Å²) in [4.78, 5) is 21.3. The molecular formula is C21H21N3O2. The first-order valence-electron chi connectivity index (χ1n) is 8.67. The third-order valence-electron chi connectivity index (χ3n) is 4.95. The van der Waals surface area contributed by atoms with Crippen LogP contribution in [-0.2, 0) is 4.74 Å². The number of carbonyl (C=O) groups excluding carboxylic acids is 1. The van der Waals surface area contributed by atoms with E-state index in [1.165, 1.54) is 0 Å². The number of pyridine rings is 2. The number of carbonyl (C=O) groups is 1. The highest BCUT2D eigenvalue weighted by Gasteiger charge is 2.35. The summed E-state index contributed by atoms with van der Waals surface area (Å²) < 4.78 is 5.25. The van der Waals surface area contributed by atoms with Gasteiger partial charge in [0.25, 0.3) is 0 Å². The van der Waals surface area contributed by atoms with Gasteiger partial charge in [0.15, 0.2) is 5.78 Å². The van der Waals surface area contributed by atoms with E-state index in [4.69, 9.17) is 10.5 Å². The first-order valence-corrected chi connectivity index (χ1v) is 8.67. The standard InChI is InChI=1S/C21H21N3O2/c1-13-18(15-4-3-14-7-20(22)24-9-16(14)5-15)6-17(10-23-13)19(25)8-21(2)11-26-12-21/h3-7,9-10H,8,11-12H2,1-2H3,(H2,22,24). The molecule has 0 radical (unpaired) electrons. The zero-order chi connectivity index (χ0) is 18.3. The molecule has 1 aliphatic heterocycles. The topological polar surface area (TPSA) is 78.1 Å². The number of aromatic nitrogens is 2. The van der Waals surface area contributed by atoms with Gasteiger partial charge < -0.3 is 10.5 Å². The quantitative estimate of drug-likeness (QED) is 0.726. The molecule has 0 saturated carbocycles. The lowest BCUT2D eigenvalue weighted by Gasteiger charge is -2.37. The van der Waals surface area contributed by atoms with Crippen LogP contribution in [0.1, 0.15) is 29.4 Å². The summed E-state index contributed by atoms with van der Waals surface area (Å²) in [5, 5.41) is 2.05. The fourth-order valence-corrected chi connectivity index (χ4v) is 3.35. The van der Waals surface area contributed by atoms with E-state index in [1.807, 2.05) is 31.2 Å². The zero-order valence-corrected chi connectivity index (χ0v) is 15.0. The lowest BCUT2D eigenvalue weighted by molar-refractivity contribution is -0.0996. The maximum absolute atomic E-state index is 12.7. The van der Waals surface area contributed by atoms with E-state index >= 15 is 0 Å². The Morgan fingerprint density at radius 1 is 1.15 bits per heavy atom. The third kappa shape index (κ3) is 3.06. The van der Waals surface area contributed by atoms with Crippen LogP contribution < -0.4 is 5.73 Å². The van der Waals surface area contributed by atoms with Crippen molar-refractivity contribution in [3.05, 3.63) is 54.0 Å². The summed E-state index contributed by atoms with van der Waals surface area (Å²) in [6.07, 6.45) is 3.93. The van der Waals surface area contributed by atoms with Crippen molar-refractivity contribution >= 4 is 22.4 Å². The number of ether oxygens (including phenoxy) is 1. The van der Waals surface area contributed by atoms with Gasteiger partial charge >= 0.3 is 0 Å². The summed E-state index contributed by atoms with van der Waals surface area (Å²) in [5.41, 5.74) is 9.22. The van der Waals surface area contributed by atoms with E-state index in [2.05, 4.69) is 23.0 Å². The Labute approximate surface area is 152 Å². The lowest BCUT2D eigenvalue weighted by atomic mass is 9.82. The molecule has 1 fully saturated rings. The molecule has 5 heteroatoms. The molecule has 0 spiro atoms. The fraction of sp³-hybridized carbons (Fsp3) is 0.286. The average molecular weight is 347 g/mol. The number of ketones is 1. The van der Waals surface area contributed by atoms with Crippen LogP contribution >= 0.6 is 0 Å². The highest BCUT2D eigenvalue weighted by Crippen LogP contribution is 2.33. The van der Waals surface area contributed by atoms with Crippen molar-refractivity contribution < 1.29 is 9.53 Å². The van der Waals surface area contributed by atoms with Gasteiger partial charge in [0.2, 0.25) is 0 Å². The number of rotatable bonds is 4. The van der Waals surface area contributed by atoms with Gasteiger partial charge in [0, 0.05) is 46.4 Å². The molecule has 0 bridgehead atoms. The number of anilines is 1. The van der Waals surface area contributed by atoms with Gasteiger partial charge in [-0.3, -0.25) is 9.78 Å². The Bertz CT molecular complexity index is 1010. The smallest absolute Gasteiger partial charge is 0.165 e. The molecule has 1 saturated heterocycles. The molecule has 0 amide bonds. The van der Waals surface area contributed by atoms with Crippen molar-refractivity contribution in [2.45, 2.75) is 20.3 Å². The normalized spacial score (nSPS) is 15.6.